The SMILES string of the molecule is Fc1cccc(F)c1C1C(Cl)=CON1CCCl. The van der Waals surface area contributed by atoms with Gasteiger partial charge < -0.3 is 4.84 Å². The largest absolute Gasteiger partial charge is 0.411 e. The minimum absolute atomic E-state index is 0.128. The summed E-state index contributed by atoms with van der Waals surface area (Å²) in [6, 6.07) is 2.88. The van der Waals surface area contributed by atoms with Gasteiger partial charge in [0.15, 0.2) is 0 Å². The lowest BCUT2D eigenvalue weighted by molar-refractivity contribution is -0.101. The Kier molecular flexibility index (Phi) is 3.86. The predicted octanol–water partition coefficient (Wildman–Crippen LogP) is 3.57. The average molecular weight is 280 g/mol. The topological polar surface area (TPSA) is 12.5 Å². The van der Waals surface area contributed by atoms with E-state index in [1.54, 1.807) is 0 Å². The van der Waals surface area contributed by atoms with Gasteiger partial charge in [0, 0.05) is 18.0 Å². The molecular weight excluding hydrogens is 271 g/mol. The van der Waals surface area contributed by atoms with E-state index >= 15 is 0 Å². The average Bonchev–Trinajstić information content (AvgIpc) is 2.62. The highest BCUT2D eigenvalue weighted by molar-refractivity contribution is 6.30. The molecule has 0 saturated heterocycles. The lowest BCUT2D eigenvalue weighted by Gasteiger charge is -2.23. The monoisotopic (exact) mass is 279 g/mol. The van der Waals surface area contributed by atoms with Crippen LogP contribution >= 0.6 is 23.2 Å². The highest BCUT2D eigenvalue weighted by Gasteiger charge is 2.34. The molecule has 2 nitrogen and oxygen atoms in total. The molecule has 0 aromatic heterocycles. The van der Waals surface area contributed by atoms with Crippen molar-refractivity contribution in [2.45, 2.75) is 6.04 Å². The van der Waals surface area contributed by atoms with Crippen LogP contribution in [0.4, 0.5) is 8.78 Å². The number of alkyl halides is 1. The van der Waals surface area contributed by atoms with Crippen LogP contribution in [0.3, 0.4) is 0 Å². The van der Waals surface area contributed by atoms with Gasteiger partial charge in [0.1, 0.15) is 23.9 Å². The van der Waals surface area contributed by atoms with Crippen molar-refractivity contribution in [2.75, 3.05) is 12.4 Å². The van der Waals surface area contributed by atoms with Crippen molar-refractivity contribution in [3.8, 4) is 0 Å². The molecule has 6 heteroatoms. The maximum atomic E-state index is 13.6. The summed E-state index contributed by atoms with van der Waals surface area (Å²) in [5.74, 6) is -1.05. The summed E-state index contributed by atoms with van der Waals surface area (Å²) in [6.07, 6.45) is 1.25. The molecule has 2 rings (SSSR count). The molecule has 0 amide bonds. The first-order valence-corrected chi connectivity index (χ1v) is 5.85. The zero-order valence-corrected chi connectivity index (χ0v) is 10.2. The van der Waals surface area contributed by atoms with Gasteiger partial charge in [-0.1, -0.05) is 17.7 Å². The van der Waals surface area contributed by atoms with Crippen molar-refractivity contribution in [1.29, 1.82) is 0 Å². The summed E-state index contributed by atoms with van der Waals surface area (Å²) in [4.78, 5) is 5.10. The number of hydroxylamine groups is 2. The van der Waals surface area contributed by atoms with Gasteiger partial charge in [-0.05, 0) is 12.1 Å². The molecule has 92 valence electrons. The lowest BCUT2D eigenvalue weighted by Crippen LogP contribution is -2.27. The molecule has 0 fully saturated rings. The predicted molar refractivity (Wildman–Crippen MR) is 61.5 cm³/mol. The lowest BCUT2D eigenvalue weighted by atomic mass is 10.1. The number of rotatable bonds is 3. The molecule has 17 heavy (non-hydrogen) atoms. The second-order valence-corrected chi connectivity index (χ2v) is 4.29. The molecule has 1 aromatic carbocycles. The van der Waals surface area contributed by atoms with Gasteiger partial charge in [0.05, 0.1) is 5.03 Å². The Labute approximate surface area is 107 Å². The molecular formula is C11H9Cl2F2NO. The third-order valence-corrected chi connectivity index (χ3v) is 2.89. The van der Waals surface area contributed by atoms with E-state index in [0.29, 0.717) is 6.54 Å². The van der Waals surface area contributed by atoms with Gasteiger partial charge in [-0.3, -0.25) is 0 Å². The Balaban J connectivity index is 2.40. The molecule has 1 heterocycles. The van der Waals surface area contributed by atoms with Crippen molar-refractivity contribution >= 4 is 23.2 Å². The molecule has 0 radical (unpaired) electrons. The normalized spacial score (nSPS) is 20.2. The van der Waals surface area contributed by atoms with Crippen LogP contribution in [0.2, 0.25) is 0 Å². The first-order chi connectivity index (χ1) is 8.15. The maximum absolute atomic E-state index is 13.6. The Morgan fingerprint density at radius 1 is 1.29 bits per heavy atom. The zero-order chi connectivity index (χ0) is 12.4. The number of nitrogens with zero attached hydrogens (tertiary/aromatic N) is 1. The Bertz CT molecular complexity index is 433. The molecule has 0 spiro atoms. The first-order valence-electron chi connectivity index (χ1n) is 4.94. The summed E-state index contributed by atoms with van der Waals surface area (Å²) < 4.78 is 27.3. The highest BCUT2D eigenvalue weighted by Crippen LogP contribution is 2.38. The van der Waals surface area contributed by atoms with E-state index in [4.69, 9.17) is 28.0 Å². The molecule has 1 unspecified atom stereocenters. The standard InChI is InChI=1S/C11H9Cl2F2NO/c12-4-5-16-11(7(13)6-17-16)10-8(14)2-1-3-9(10)15/h1-3,6,11H,4-5H2. The molecule has 1 aliphatic rings. The Hall–Kier alpha value is -0.840. The number of halogens is 4. The van der Waals surface area contributed by atoms with Crippen LogP contribution in [0.25, 0.3) is 0 Å². The van der Waals surface area contributed by atoms with Crippen molar-refractivity contribution in [3.05, 3.63) is 46.7 Å². The van der Waals surface area contributed by atoms with E-state index in [-0.39, 0.29) is 16.5 Å². The molecule has 0 bridgehead atoms. The van der Waals surface area contributed by atoms with Gasteiger partial charge in [0.2, 0.25) is 0 Å². The quantitative estimate of drug-likeness (QED) is 0.785. The third-order valence-electron chi connectivity index (χ3n) is 2.43. The fraction of sp³-hybridized carbons (Fsp3) is 0.273. The molecule has 0 N–H and O–H groups in total. The van der Waals surface area contributed by atoms with Crippen LogP contribution in [0.1, 0.15) is 11.6 Å². The minimum Gasteiger partial charge on any atom is -0.411 e. The van der Waals surface area contributed by atoms with Gasteiger partial charge in [0.25, 0.3) is 0 Å². The van der Waals surface area contributed by atoms with Crippen LogP contribution in [-0.4, -0.2) is 17.5 Å². The smallest absolute Gasteiger partial charge is 0.131 e. The van der Waals surface area contributed by atoms with Crippen molar-refractivity contribution in [2.24, 2.45) is 0 Å². The number of benzene rings is 1. The van der Waals surface area contributed by atoms with E-state index in [2.05, 4.69) is 0 Å². The molecule has 1 aliphatic heterocycles. The van der Waals surface area contributed by atoms with Crippen LogP contribution in [0, 0.1) is 11.6 Å². The maximum Gasteiger partial charge on any atom is 0.131 e. The summed E-state index contributed by atoms with van der Waals surface area (Å²) in [6.45, 7) is 0.312. The van der Waals surface area contributed by atoms with Gasteiger partial charge in [-0.25, -0.2) is 8.78 Å². The second kappa shape index (κ2) is 5.21. The number of hydrogen-bond donors (Lipinski definition) is 0. The van der Waals surface area contributed by atoms with E-state index in [1.807, 2.05) is 0 Å². The van der Waals surface area contributed by atoms with Gasteiger partial charge >= 0.3 is 0 Å². The van der Waals surface area contributed by atoms with E-state index in [0.717, 1.165) is 0 Å². The zero-order valence-electron chi connectivity index (χ0n) is 8.67. The third kappa shape index (κ3) is 2.39. The summed E-state index contributed by atoms with van der Waals surface area (Å²) in [7, 11) is 0. The second-order valence-electron chi connectivity index (χ2n) is 3.48. The van der Waals surface area contributed by atoms with Gasteiger partial charge in [-0.2, -0.15) is 0 Å². The van der Waals surface area contributed by atoms with Gasteiger partial charge in [-0.15, -0.1) is 16.7 Å². The van der Waals surface area contributed by atoms with Crippen molar-refractivity contribution in [3.63, 3.8) is 0 Å². The van der Waals surface area contributed by atoms with E-state index in [9.17, 15) is 8.78 Å². The first kappa shape index (κ1) is 12.6. The summed E-state index contributed by atoms with van der Waals surface area (Å²) >= 11 is 11.5. The van der Waals surface area contributed by atoms with Crippen molar-refractivity contribution < 1.29 is 13.6 Å². The van der Waals surface area contributed by atoms with E-state index < -0.39 is 17.7 Å². The number of hydrogen-bond acceptors (Lipinski definition) is 2. The Morgan fingerprint density at radius 3 is 2.53 bits per heavy atom. The van der Waals surface area contributed by atoms with Crippen LogP contribution in [-0.2, 0) is 4.84 Å². The minimum atomic E-state index is -0.781. The van der Waals surface area contributed by atoms with Crippen LogP contribution in [0.15, 0.2) is 29.5 Å². The highest BCUT2D eigenvalue weighted by atomic mass is 35.5. The van der Waals surface area contributed by atoms with Crippen LogP contribution < -0.4 is 0 Å². The molecule has 0 aliphatic carbocycles. The Morgan fingerprint density at radius 2 is 1.94 bits per heavy atom. The molecule has 0 saturated carbocycles. The molecule has 1 atom stereocenters. The summed E-state index contributed by atoms with van der Waals surface area (Å²) in [5.41, 5.74) is -0.128. The van der Waals surface area contributed by atoms with E-state index in [1.165, 1.54) is 29.5 Å². The fourth-order valence-corrected chi connectivity index (χ4v) is 2.12. The van der Waals surface area contributed by atoms with Crippen molar-refractivity contribution in [1.82, 2.24) is 5.06 Å². The van der Waals surface area contributed by atoms with Crippen LogP contribution in [0.5, 0.6) is 0 Å². The molecule has 1 aromatic rings. The fourth-order valence-electron chi connectivity index (χ4n) is 1.70. The summed E-state index contributed by atoms with van der Waals surface area (Å²) in [5, 5.41) is 1.57.